The van der Waals surface area contributed by atoms with Gasteiger partial charge in [0, 0.05) is 37.5 Å². The number of piperidine rings is 1. The number of halogens is 1. The van der Waals surface area contributed by atoms with Crippen LogP contribution in [0.4, 0.5) is 0 Å². The van der Waals surface area contributed by atoms with Crippen molar-refractivity contribution in [2.45, 2.75) is 25.8 Å². The highest BCUT2D eigenvalue weighted by molar-refractivity contribution is 6.36. The second-order valence-corrected chi connectivity index (χ2v) is 9.49. The molecule has 4 heterocycles. The van der Waals surface area contributed by atoms with Gasteiger partial charge in [-0.3, -0.25) is 9.67 Å². The van der Waals surface area contributed by atoms with E-state index in [0.29, 0.717) is 39.3 Å². The predicted octanol–water partition coefficient (Wildman–Crippen LogP) is 4.75. The highest BCUT2D eigenvalue weighted by atomic mass is 35.5. The summed E-state index contributed by atoms with van der Waals surface area (Å²) in [4.78, 5) is 19.3. The second kappa shape index (κ2) is 9.50. The molecule has 0 spiro atoms. The maximum Gasteiger partial charge on any atom is 0.148 e. The van der Waals surface area contributed by atoms with E-state index in [0.717, 1.165) is 54.9 Å². The van der Waals surface area contributed by atoms with Crippen molar-refractivity contribution in [3.63, 3.8) is 0 Å². The molecule has 0 bridgehead atoms. The molecule has 10 heteroatoms. The number of aromatic amines is 1. The van der Waals surface area contributed by atoms with Gasteiger partial charge in [0.1, 0.15) is 27.9 Å². The lowest BCUT2D eigenvalue weighted by atomic mass is 10.1. The number of imidazole rings is 1. The molecular weight excluding hydrogens is 478 g/mol. The van der Waals surface area contributed by atoms with Gasteiger partial charge in [-0.2, -0.15) is 5.10 Å². The molecule has 1 fully saturated rings. The Kier molecular flexibility index (Phi) is 6.04. The van der Waals surface area contributed by atoms with Gasteiger partial charge in [0.15, 0.2) is 0 Å². The molecule has 2 aromatic carbocycles. The summed E-state index contributed by atoms with van der Waals surface area (Å²) in [6.45, 7) is 4.77. The first-order chi connectivity index (χ1) is 17.6. The smallest absolute Gasteiger partial charge is 0.148 e. The Morgan fingerprint density at radius 3 is 2.78 bits per heavy atom. The molecule has 2 N–H and O–H groups in total. The maximum absolute atomic E-state index is 9.16. The first-order valence-electron chi connectivity index (χ1n) is 12.0. The minimum atomic E-state index is 0.200. The molecule has 1 aliphatic rings. The van der Waals surface area contributed by atoms with E-state index in [4.69, 9.17) is 26.4 Å². The molecule has 0 radical (unpaired) electrons. The van der Waals surface area contributed by atoms with E-state index in [1.54, 1.807) is 6.20 Å². The highest BCUT2D eigenvalue weighted by Crippen LogP contribution is 2.36. The van der Waals surface area contributed by atoms with Crippen LogP contribution in [-0.4, -0.2) is 66.0 Å². The van der Waals surface area contributed by atoms with Crippen LogP contribution in [0.5, 0.6) is 11.5 Å². The molecule has 0 aliphatic carbocycles. The largest absolute Gasteiger partial charge is 0.456 e. The van der Waals surface area contributed by atoms with Gasteiger partial charge in [-0.15, -0.1) is 0 Å². The Morgan fingerprint density at radius 1 is 1.11 bits per heavy atom. The van der Waals surface area contributed by atoms with Crippen LogP contribution in [0.15, 0.2) is 48.9 Å². The van der Waals surface area contributed by atoms with Gasteiger partial charge < -0.3 is 19.7 Å². The first-order valence-corrected chi connectivity index (χ1v) is 12.4. The van der Waals surface area contributed by atoms with Crippen molar-refractivity contribution in [3.05, 3.63) is 59.8 Å². The van der Waals surface area contributed by atoms with Gasteiger partial charge in [0.05, 0.1) is 47.3 Å². The average Bonchev–Trinajstić information content (AvgIpc) is 3.52. The Hall–Kier alpha value is -3.53. The Morgan fingerprint density at radius 2 is 1.94 bits per heavy atom. The summed E-state index contributed by atoms with van der Waals surface area (Å²) >= 11 is 6.75. The summed E-state index contributed by atoms with van der Waals surface area (Å²) < 4.78 is 8.13. The molecule has 0 atom stereocenters. The van der Waals surface area contributed by atoms with E-state index in [2.05, 4.69) is 25.0 Å². The fraction of sp³-hybridized carbons (Fsp3) is 0.308. The van der Waals surface area contributed by atoms with Crippen LogP contribution in [-0.2, 0) is 0 Å². The number of rotatable bonds is 6. The van der Waals surface area contributed by atoms with Crippen LogP contribution in [0.3, 0.4) is 0 Å². The lowest BCUT2D eigenvalue weighted by Gasteiger charge is -2.31. The number of aryl methyl sites for hydroxylation is 1. The van der Waals surface area contributed by atoms with Crippen LogP contribution in [0.1, 0.15) is 24.7 Å². The van der Waals surface area contributed by atoms with Crippen LogP contribution in [0.25, 0.3) is 33.3 Å². The van der Waals surface area contributed by atoms with E-state index in [9.17, 15) is 0 Å². The highest BCUT2D eigenvalue weighted by Gasteiger charge is 2.21. The van der Waals surface area contributed by atoms with Crippen molar-refractivity contribution in [3.8, 4) is 22.8 Å². The number of nitrogens with zero attached hydrogens (tertiary/aromatic N) is 6. The molecular formula is C26H26ClN7O2. The second-order valence-electron chi connectivity index (χ2n) is 9.11. The zero-order valence-electron chi connectivity index (χ0n) is 19.9. The number of likely N-dealkylation sites (tertiary alicyclic amines) is 1. The van der Waals surface area contributed by atoms with Gasteiger partial charge >= 0.3 is 0 Å². The van der Waals surface area contributed by atoms with Crippen molar-refractivity contribution < 1.29 is 9.84 Å². The number of benzene rings is 2. The maximum atomic E-state index is 9.16. The molecule has 36 heavy (non-hydrogen) atoms. The summed E-state index contributed by atoms with van der Waals surface area (Å²) in [5.74, 6) is 2.02. The number of H-pyrrole nitrogens is 1. The molecule has 5 aromatic rings. The minimum Gasteiger partial charge on any atom is -0.456 e. The normalized spacial score (nSPS) is 15.2. The number of β-amino-alcohol motifs (C(OH)–C–C–N with tert-alkyl or cyclic N) is 1. The lowest BCUT2D eigenvalue weighted by Crippen LogP contribution is -2.36. The predicted molar refractivity (Wildman–Crippen MR) is 138 cm³/mol. The number of nitrogens with one attached hydrogen (secondary N) is 1. The van der Waals surface area contributed by atoms with Gasteiger partial charge in [-0.25, -0.2) is 9.97 Å². The fourth-order valence-electron chi connectivity index (χ4n) is 4.77. The van der Waals surface area contributed by atoms with Gasteiger partial charge in [0.25, 0.3) is 0 Å². The molecule has 0 unspecified atom stereocenters. The summed E-state index contributed by atoms with van der Waals surface area (Å²) in [5, 5.41) is 14.2. The molecule has 184 valence electrons. The first kappa shape index (κ1) is 22.9. The number of aromatic nitrogens is 6. The number of aliphatic hydroxyl groups excluding tert-OH is 1. The summed E-state index contributed by atoms with van der Waals surface area (Å²) in [5.41, 5.74) is 4.66. The van der Waals surface area contributed by atoms with E-state index >= 15 is 0 Å². The quantitative estimate of drug-likeness (QED) is 0.344. The molecule has 0 saturated carbocycles. The van der Waals surface area contributed by atoms with Crippen LogP contribution in [0.2, 0.25) is 5.02 Å². The summed E-state index contributed by atoms with van der Waals surface area (Å²) in [6.07, 6.45) is 7.60. The van der Waals surface area contributed by atoms with E-state index in [1.807, 2.05) is 54.3 Å². The number of aliphatic hydroxyl groups is 1. The molecule has 9 nitrogen and oxygen atoms in total. The SMILES string of the molecule is Cc1nc2ccc(Oc3ccc4ncc(-c5cnn(C6CCN(CCO)CC6)c5)nc4c3Cl)cc2[nH]1. The van der Waals surface area contributed by atoms with E-state index in [-0.39, 0.29) is 6.61 Å². The van der Waals surface area contributed by atoms with Gasteiger partial charge in [-0.1, -0.05) is 11.6 Å². The summed E-state index contributed by atoms with van der Waals surface area (Å²) in [6, 6.07) is 9.68. The Labute approximate surface area is 212 Å². The minimum absolute atomic E-state index is 0.200. The number of ether oxygens (including phenoxy) is 1. The number of fused-ring (bicyclic) bond motifs is 2. The van der Waals surface area contributed by atoms with Crippen molar-refractivity contribution in [2.75, 3.05) is 26.2 Å². The van der Waals surface area contributed by atoms with Gasteiger partial charge in [-0.05, 0) is 44.0 Å². The Balaban J connectivity index is 1.25. The van der Waals surface area contributed by atoms with Crippen molar-refractivity contribution in [2.24, 2.45) is 0 Å². The van der Waals surface area contributed by atoms with E-state index in [1.165, 1.54) is 0 Å². The van der Waals surface area contributed by atoms with Crippen LogP contribution >= 0.6 is 11.6 Å². The third-order valence-corrected chi connectivity index (χ3v) is 7.03. The van der Waals surface area contributed by atoms with Gasteiger partial charge in [0.2, 0.25) is 0 Å². The lowest BCUT2D eigenvalue weighted by molar-refractivity contribution is 0.146. The van der Waals surface area contributed by atoms with Crippen molar-refractivity contribution >= 4 is 33.7 Å². The molecule has 1 saturated heterocycles. The van der Waals surface area contributed by atoms with Crippen molar-refractivity contribution in [1.82, 2.24) is 34.6 Å². The fourth-order valence-corrected chi connectivity index (χ4v) is 5.01. The third-order valence-electron chi connectivity index (χ3n) is 6.66. The zero-order valence-corrected chi connectivity index (χ0v) is 20.6. The number of hydrogen-bond donors (Lipinski definition) is 2. The van der Waals surface area contributed by atoms with Crippen LogP contribution in [0, 0.1) is 6.92 Å². The van der Waals surface area contributed by atoms with E-state index < -0.39 is 0 Å². The topological polar surface area (TPSA) is 105 Å². The monoisotopic (exact) mass is 503 g/mol. The molecule has 6 rings (SSSR count). The number of hydrogen-bond acceptors (Lipinski definition) is 7. The molecule has 1 aliphatic heterocycles. The average molecular weight is 504 g/mol. The van der Waals surface area contributed by atoms with Crippen molar-refractivity contribution in [1.29, 1.82) is 0 Å². The molecule has 0 amide bonds. The zero-order chi connectivity index (χ0) is 24.6. The Bertz CT molecular complexity index is 1540. The van der Waals surface area contributed by atoms with Crippen LogP contribution < -0.4 is 4.74 Å². The standard InChI is InChI=1S/C26H26ClN7O2/c1-16-30-20-3-2-19(12-22(20)31-16)36-24-5-4-21-26(25(24)27)32-23(14-28-21)17-13-29-34(15-17)18-6-8-33(9-7-18)10-11-35/h2-5,12-15,18,35H,6-11H2,1H3,(H,30,31). The summed E-state index contributed by atoms with van der Waals surface area (Å²) in [7, 11) is 0. The molecule has 3 aromatic heterocycles. The third kappa shape index (κ3) is 4.41.